The van der Waals surface area contributed by atoms with Crippen LogP contribution in [0.2, 0.25) is 0 Å². The number of benzene rings is 3. The van der Waals surface area contributed by atoms with Gasteiger partial charge in [0.25, 0.3) is 5.91 Å². The van der Waals surface area contributed by atoms with Crippen molar-refractivity contribution < 1.29 is 19.1 Å². The molecular formula is C27H23IN2O4. The van der Waals surface area contributed by atoms with Crippen molar-refractivity contribution in [2.75, 3.05) is 11.9 Å². The van der Waals surface area contributed by atoms with E-state index >= 15 is 0 Å². The Labute approximate surface area is 212 Å². The number of amides is 1. The summed E-state index contributed by atoms with van der Waals surface area (Å²) in [6.07, 6.45) is 1.48. The summed E-state index contributed by atoms with van der Waals surface area (Å²) in [6.45, 7) is 4.10. The highest BCUT2D eigenvalue weighted by Gasteiger charge is 2.16. The number of ether oxygens (including phenoxy) is 2. The first-order valence-corrected chi connectivity index (χ1v) is 11.7. The molecule has 0 unspecified atom stereocenters. The minimum absolute atomic E-state index is 0.102. The topological polar surface area (TPSA) is 88.4 Å². The van der Waals surface area contributed by atoms with Crippen molar-refractivity contribution in [3.05, 3.63) is 92.6 Å². The van der Waals surface area contributed by atoms with Crippen molar-refractivity contribution in [2.24, 2.45) is 0 Å². The largest absolute Gasteiger partial charge is 0.490 e. The van der Waals surface area contributed by atoms with Crippen LogP contribution in [0.3, 0.4) is 0 Å². The van der Waals surface area contributed by atoms with Crippen LogP contribution in [-0.2, 0) is 11.4 Å². The van der Waals surface area contributed by atoms with Gasteiger partial charge in [0, 0.05) is 5.56 Å². The summed E-state index contributed by atoms with van der Waals surface area (Å²) in [5.41, 5.74) is 2.27. The monoisotopic (exact) mass is 566 g/mol. The lowest BCUT2D eigenvalue weighted by atomic mass is 10.1. The summed E-state index contributed by atoms with van der Waals surface area (Å²) in [4.78, 5) is 24.6. The number of anilines is 1. The van der Waals surface area contributed by atoms with Crippen molar-refractivity contribution in [2.45, 2.75) is 20.5 Å². The van der Waals surface area contributed by atoms with Crippen LogP contribution in [0.1, 0.15) is 35.3 Å². The van der Waals surface area contributed by atoms with Crippen LogP contribution in [0.5, 0.6) is 11.5 Å². The Balaban J connectivity index is 1.87. The summed E-state index contributed by atoms with van der Waals surface area (Å²) < 4.78 is 12.6. The fourth-order valence-electron chi connectivity index (χ4n) is 3.21. The van der Waals surface area contributed by atoms with E-state index in [1.807, 2.05) is 49.4 Å². The molecule has 0 aliphatic heterocycles. The maximum absolute atomic E-state index is 12.8. The van der Waals surface area contributed by atoms with Crippen LogP contribution in [0.15, 0.2) is 72.3 Å². The summed E-state index contributed by atoms with van der Waals surface area (Å²) in [7, 11) is 0. The van der Waals surface area contributed by atoms with Crippen LogP contribution >= 0.6 is 22.6 Å². The molecule has 1 N–H and O–H groups in total. The molecule has 0 atom stereocenters. The highest BCUT2D eigenvalue weighted by molar-refractivity contribution is 14.1. The molecule has 0 aliphatic rings. The second-order valence-corrected chi connectivity index (χ2v) is 8.43. The number of rotatable bonds is 9. The molecule has 0 aromatic heterocycles. The molecule has 0 radical (unpaired) electrons. The predicted molar refractivity (Wildman–Crippen MR) is 140 cm³/mol. The highest BCUT2D eigenvalue weighted by atomic mass is 127. The third-order valence-corrected chi connectivity index (χ3v) is 5.59. The Kier molecular flexibility index (Phi) is 8.82. The van der Waals surface area contributed by atoms with Gasteiger partial charge in [-0.2, -0.15) is 5.26 Å². The Bertz CT molecular complexity index is 1260. The average molecular weight is 566 g/mol. The number of nitriles is 1. The van der Waals surface area contributed by atoms with E-state index in [0.29, 0.717) is 41.5 Å². The molecule has 3 rings (SSSR count). The number of hydrogen-bond donors (Lipinski definition) is 1. The van der Waals surface area contributed by atoms with Gasteiger partial charge in [0.05, 0.1) is 15.9 Å². The Morgan fingerprint density at radius 3 is 2.44 bits per heavy atom. The van der Waals surface area contributed by atoms with Gasteiger partial charge in [-0.15, -0.1) is 0 Å². The second-order valence-electron chi connectivity index (χ2n) is 7.26. The van der Waals surface area contributed by atoms with Crippen molar-refractivity contribution >= 4 is 46.0 Å². The lowest BCUT2D eigenvalue weighted by Crippen LogP contribution is -2.15. The van der Waals surface area contributed by atoms with E-state index in [9.17, 15) is 14.9 Å². The first-order chi connectivity index (χ1) is 16.4. The number of halogens is 1. The van der Waals surface area contributed by atoms with E-state index in [-0.39, 0.29) is 11.4 Å². The van der Waals surface area contributed by atoms with Crippen molar-refractivity contribution in [1.82, 2.24) is 0 Å². The molecule has 0 aliphatic carbocycles. The molecule has 6 nitrogen and oxygen atoms in total. The van der Waals surface area contributed by atoms with Gasteiger partial charge in [0.1, 0.15) is 18.2 Å². The number of nitrogens with zero attached hydrogens (tertiary/aromatic N) is 1. The summed E-state index contributed by atoms with van der Waals surface area (Å²) >= 11 is 2.15. The van der Waals surface area contributed by atoms with Crippen LogP contribution in [-0.4, -0.2) is 18.3 Å². The predicted octanol–water partition coefficient (Wildman–Crippen LogP) is 6.02. The molecule has 172 valence electrons. The van der Waals surface area contributed by atoms with E-state index in [1.54, 1.807) is 30.3 Å². The number of ketones is 1. The first kappa shape index (κ1) is 25.0. The zero-order valence-corrected chi connectivity index (χ0v) is 21.0. The fraction of sp³-hybridized carbons (Fsp3) is 0.148. The molecular weight excluding hydrogens is 543 g/mol. The van der Waals surface area contributed by atoms with Crippen molar-refractivity contribution in [3.63, 3.8) is 0 Å². The summed E-state index contributed by atoms with van der Waals surface area (Å²) in [5, 5.41) is 12.3. The Hall–Kier alpha value is -3.64. The molecule has 0 heterocycles. The van der Waals surface area contributed by atoms with Gasteiger partial charge >= 0.3 is 0 Å². The maximum atomic E-state index is 12.8. The normalized spacial score (nSPS) is 10.8. The lowest BCUT2D eigenvalue weighted by Gasteiger charge is -2.15. The molecule has 0 fully saturated rings. The maximum Gasteiger partial charge on any atom is 0.266 e. The molecule has 34 heavy (non-hydrogen) atoms. The van der Waals surface area contributed by atoms with Crippen molar-refractivity contribution in [1.29, 1.82) is 5.26 Å². The highest BCUT2D eigenvalue weighted by Crippen LogP contribution is 2.35. The summed E-state index contributed by atoms with van der Waals surface area (Å²) in [5.74, 6) is 0.340. The minimum Gasteiger partial charge on any atom is -0.490 e. The van der Waals surface area contributed by atoms with Gasteiger partial charge in [-0.05, 0) is 77.9 Å². The number of hydrogen-bond acceptors (Lipinski definition) is 5. The molecule has 0 spiro atoms. The van der Waals surface area contributed by atoms with Gasteiger partial charge in [-0.1, -0.05) is 42.5 Å². The van der Waals surface area contributed by atoms with E-state index in [1.165, 1.54) is 13.0 Å². The van der Waals surface area contributed by atoms with Gasteiger partial charge in [-0.25, -0.2) is 0 Å². The number of para-hydroxylation sites is 1. The van der Waals surface area contributed by atoms with E-state index in [4.69, 9.17) is 9.47 Å². The zero-order chi connectivity index (χ0) is 24.5. The Morgan fingerprint density at radius 1 is 1.06 bits per heavy atom. The third kappa shape index (κ3) is 6.45. The van der Waals surface area contributed by atoms with Crippen LogP contribution in [0, 0.1) is 14.9 Å². The molecule has 1 amide bonds. The minimum atomic E-state index is -0.603. The average Bonchev–Trinajstić information content (AvgIpc) is 2.83. The summed E-state index contributed by atoms with van der Waals surface area (Å²) in [6, 6.07) is 22.0. The quantitative estimate of drug-likeness (QED) is 0.148. The van der Waals surface area contributed by atoms with E-state index in [2.05, 4.69) is 27.9 Å². The molecule has 3 aromatic rings. The van der Waals surface area contributed by atoms with Gasteiger partial charge in [-0.3, -0.25) is 9.59 Å². The van der Waals surface area contributed by atoms with E-state index in [0.717, 1.165) is 9.13 Å². The smallest absolute Gasteiger partial charge is 0.266 e. The zero-order valence-electron chi connectivity index (χ0n) is 18.8. The second kappa shape index (κ2) is 12.0. The van der Waals surface area contributed by atoms with Gasteiger partial charge < -0.3 is 14.8 Å². The SMILES string of the molecule is CCOc1cc(/C=C(/C#N)C(=O)Nc2ccccc2C(C)=O)cc(I)c1OCc1ccccc1. The molecule has 0 bridgehead atoms. The molecule has 0 saturated heterocycles. The fourth-order valence-corrected chi connectivity index (χ4v) is 3.99. The molecule has 0 saturated carbocycles. The van der Waals surface area contributed by atoms with E-state index < -0.39 is 5.91 Å². The van der Waals surface area contributed by atoms with Crippen LogP contribution in [0.4, 0.5) is 5.69 Å². The third-order valence-electron chi connectivity index (χ3n) is 4.79. The van der Waals surface area contributed by atoms with Crippen molar-refractivity contribution in [3.8, 4) is 17.6 Å². The van der Waals surface area contributed by atoms with Crippen LogP contribution in [0.25, 0.3) is 6.08 Å². The number of nitrogens with one attached hydrogen (secondary N) is 1. The number of Topliss-reactive ketones (excluding diaryl/α,β-unsaturated/α-hetero) is 1. The lowest BCUT2D eigenvalue weighted by molar-refractivity contribution is -0.112. The number of carbonyl (C=O) groups excluding carboxylic acids is 2. The van der Waals surface area contributed by atoms with Crippen LogP contribution < -0.4 is 14.8 Å². The van der Waals surface area contributed by atoms with Gasteiger partial charge in [0.2, 0.25) is 0 Å². The number of carbonyl (C=O) groups is 2. The molecule has 3 aromatic carbocycles. The standard InChI is InChI=1S/C27H23IN2O4/c1-3-33-25-15-20(14-23(28)26(25)34-17-19-9-5-4-6-10-19)13-21(16-29)27(32)30-24-12-8-7-11-22(24)18(2)31/h4-15H,3,17H2,1-2H3,(H,30,32)/b21-13-. The molecule has 7 heteroatoms. The Morgan fingerprint density at radius 2 is 1.76 bits per heavy atom. The first-order valence-electron chi connectivity index (χ1n) is 10.6. The van der Waals surface area contributed by atoms with Gasteiger partial charge in [0.15, 0.2) is 17.3 Å².